The number of rotatable bonds is 28. The first-order valence-corrected chi connectivity index (χ1v) is 19.7. The lowest BCUT2D eigenvalue weighted by Crippen LogP contribution is -2.38. The predicted octanol–water partition coefficient (Wildman–Crippen LogP) is 11.2. The van der Waals surface area contributed by atoms with Crippen molar-refractivity contribution in [3.63, 3.8) is 0 Å². The molecule has 0 aliphatic carbocycles. The average Bonchev–Trinajstić information content (AvgIpc) is 2.90. The molecule has 0 aromatic rings. The van der Waals surface area contributed by atoms with Crippen LogP contribution in [0.2, 0.25) is 0 Å². The quantitative estimate of drug-likeness (QED) is 0.0774. The van der Waals surface area contributed by atoms with Gasteiger partial charge in [-0.25, -0.2) is 0 Å². The van der Waals surface area contributed by atoms with E-state index in [0.29, 0.717) is 73.5 Å². The average molecular weight is 678 g/mol. The zero-order chi connectivity index (χ0) is 36.9. The first-order chi connectivity index (χ1) is 22.4. The molecule has 0 spiro atoms. The Balaban J connectivity index is 5.31. The van der Waals surface area contributed by atoms with E-state index in [-0.39, 0.29) is 5.41 Å². The molecule has 0 aromatic carbocycles. The first-order valence-electron chi connectivity index (χ1n) is 19.7. The summed E-state index contributed by atoms with van der Waals surface area (Å²) in [4.78, 5) is 14.8. The minimum absolute atomic E-state index is 0.175. The standard InChI is InChI=1S/C42H83N3O3/c1-17-42(27-46-24-33(8)21-39(14)43-36(11)18-30(2)3,28-47-25-34(9)22-40(15)44-37(12)19-31(4)5)29-48-26-35(10)23-41(16)45-38(13)20-32(6)7/h30-35,39-41H,17-29H2,1-16H3. The van der Waals surface area contributed by atoms with Gasteiger partial charge in [-0.1, -0.05) is 69.2 Å². The minimum atomic E-state index is -0.175. The lowest BCUT2D eigenvalue weighted by molar-refractivity contribution is -0.0840. The van der Waals surface area contributed by atoms with Crippen LogP contribution in [0.3, 0.4) is 0 Å². The first kappa shape index (κ1) is 46.9. The van der Waals surface area contributed by atoms with E-state index in [2.05, 4.69) is 111 Å². The predicted molar refractivity (Wildman–Crippen MR) is 213 cm³/mol. The monoisotopic (exact) mass is 678 g/mol. The van der Waals surface area contributed by atoms with Crippen molar-refractivity contribution in [2.75, 3.05) is 39.6 Å². The summed E-state index contributed by atoms with van der Waals surface area (Å²) in [6.45, 7) is 39.9. The summed E-state index contributed by atoms with van der Waals surface area (Å²) in [6, 6.07) is 0.944. The van der Waals surface area contributed by atoms with Crippen LogP contribution in [0, 0.1) is 40.9 Å². The van der Waals surface area contributed by atoms with Crippen molar-refractivity contribution in [2.24, 2.45) is 55.9 Å². The molecule has 0 heterocycles. The van der Waals surface area contributed by atoms with Crippen LogP contribution in [-0.4, -0.2) is 74.9 Å². The van der Waals surface area contributed by atoms with E-state index in [4.69, 9.17) is 29.2 Å². The summed E-state index contributed by atoms with van der Waals surface area (Å²) in [7, 11) is 0. The Morgan fingerprint density at radius 1 is 0.458 bits per heavy atom. The third-order valence-corrected chi connectivity index (χ3v) is 8.85. The Hall–Kier alpha value is -1.11. The van der Waals surface area contributed by atoms with Crippen molar-refractivity contribution in [1.29, 1.82) is 0 Å². The summed E-state index contributed by atoms with van der Waals surface area (Å²) >= 11 is 0. The van der Waals surface area contributed by atoms with Gasteiger partial charge in [0, 0.05) is 60.5 Å². The molecule has 0 radical (unpaired) electrons. The van der Waals surface area contributed by atoms with Gasteiger partial charge in [0.25, 0.3) is 0 Å². The Morgan fingerprint density at radius 2 is 0.708 bits per heavy atom. The van der Waals surface area contributed by atoms with Crippen LogP contribution in [0.4, 0.5) is 0 Å². The van der Waals surface area contributed by atoms with Crippen molar-refractivity contribution in [1.82, 2.24) is 0 Å². The van der Waals surface area contributed by atoms with Crippen LogP contribution >= 0.6 is 0 Å². The van der Waals surface area contributed by atoms with Gasteiger partial charge in [-0.05, 0) is 122 Å². The molecule has 6 heteroatoms. The molecule has 0 saturated carbocycles. The fraction of sp³-hybridized carbons (Fsp3) is 0.929. The fourth-order valence-corrected chi connectivity index (χ4v) is 7.03. The summed E-state index contributed by atoms with van der Waals surface area (Å²) in [5, 5.41) is 0. The zero-order valence-electron chi connectivity index (χ0n) is 35.0. The highest BCUT2D eigenvalue weighted by Crippen LogP contribution is 2.26. The van der Waals surface area contributed by atoms with Crippen LogP contribution < -0.4 is 0 Å². The van der Waals surface area contributed by atoms with E-state index >= 15 is 0 Å². The fourth-order valence-electron chi connectivity index (χ4n) is 7.03. The molecule has 0 aromatic heterocycles. The van der Waals surface area contributed by atoms with E-state index in [1.807, 2.05) is 0 Å². The number of hydrogen-bond acceptors (Lipinski definition) is 6. The van der Waals surface area contributed by atoms with E-state index in [1.165, 1.54) is 17.1 Å². The lowest BCUT2D eigenvalue weighted by atomic mass is 9.87. The maximum Gasteiger partial charge on any atom is 0.0566 e. The second-order valence-electron chi connectivity index (χ2n) is 17.4. The second kappa shape index (κ2) is 25.8. The summed E-state index contributed by atoms with van der Waals surface area (Å²) in [5.74, 6) is 3.25. The Bertz CT molecular complexity index is 798. The molecule has 0 bridgehead atoms. The van der Waals surface area contributed by atoms with Crippen LogP contribution in [0.15, 0.2) is 15.0 Å². The van der Waals surface area contributed by atoms with Crippen LogP contribution in [-0.2, 0) is 14.2 Å². The van der Waals surface area contributed by atoms with Crippen LogP contribution in [0.25, 0.3) is 0 Å². The van der Waals surface area contributed by atoms with Gasteiger partial charge in [0.15, 0.2) is 0 Å². The van der Waals surface area contributed by atoms with Crippen molar-refractivity contribution in [2.45, 2.75) is 174 Å². The molecule has 0 amide bonds. The van der Waals surface area contributed by atoms with E-state index < -0.39 is 0 Å². The molecule has 0 fully saturated rings. The number of hydrogen-bond donors (Lipinski definition) is 0. The van der Waals surface area contributed by atoms with Gasteiger partial charge in [0.2, 0.25) is 0 Å². The third-order valence-electron chi connectivity index (χ3n) is 8.85. The smallest absolute Gasteiger partial charge is 0.0566 e. The summed E-state index contributed by atoms with van der Waals surface area (Å²) < 4.78 is 19.4. The maximum atomic E-state index is 6.47. The number of nitrogens with zero attached hydrogens (tertiary/aromatic N) is 3. The highest BCUT2D eigenvalue weighted by Gasteiger charge is 2.31. The molecule has 0 aliphatic rings. The van der Waals surface area contributed by atoms with Gasteiger partial charge >= 0.3 is 0 Å². The number of ether oxygens (including phenoxy) is 3. The van der Waals surface area contributed by atoms with Gasteiger partial charge in [0.1, 0.15) is 0 Å². The highest BCUT2D eigenvalue weighted by molar-refractivity contribution is 5.83. The largest absolute Gasteiger partial charge is 0.380 e. The molecule has 0 saturated heterocycles. The zero-order valence-corrected chi connectivity index (χ0v) is 35.0. The van der Waals surface area contributed by atoms with Gasteiger partial charge in [-0.2, -0.15) is 0 Å². The van der Waals surface area contributed by atoms with Crippen molar-refractivity contribution >= 4 is 17.1 Å². The van der Waals surface area contributed by atoms with Gasteiger partial charge in [-0.3, -0.25) is 15.0 Å². The van der Waals surface area contributed by atoms with Crippen molar-refractivity contribution < 1.29 is 14.2 Å². The Labute approximate surface area is 300 Å². The minimum Gasteiger partial charge on any atom is -0.380 e. The SMILES string of the molecule is CCC(COCC(C)CC(C)N=C(C)CC(C)C)(COCC(C)CC(C)N=C(C)CC(C)C)COCC(C)CC(C)N=C(C)CC(C)C. The second-order valence-corrected chi connectivity index (χ2v) is 17.4. The van der Waals surface area contributed by atoms with Gasteiger partial charge < -0.3 is 14.2 Å². The van der Waals surface area contributed by atoms with E-state index in [9.17, 15) is 0 Å². The molecule has 48 heavy (non-hydrogen) atoms. The maximum absolute atomic E-state index is 6.47. The molecule has 6 atom stereocenters. The van der Waals surface area contributed by atoms with Crippen LogP contribution in [0.1, 0.15) is 156 Å². The summed E-state index contributed by atoms with van der Waals surface area (Å²) in [5.41, 5.74) is 3.60. The molecular formula is C42H83N3O3. The van der Waals surface area contributed by atoms with Crippen LogP contribution in [0.5, 0.6) is 0 Å². The number of aliphatic imine (C=N–C) groups is 3. The van der Waals surface area contributed by atoms with E-state index in [0.717, 1.165) is 64.8 Å². The normalized spacial score (nSPS) is 18.7. The molecule has 284 valence electrons. The molecule has 6 nitrogen and oxygen atoms in total. The highest BCUT2D eigenvalue weighted by atomic mass is 16.5. The van der Waals surface area contributed by atoms with Gasteiger partial charge in [0.05, 0.1) is 19.8 Å². The summed E-state index contributed by atoms with van der Waals surface area (Å²) in [6.07, 6.45) is 7.25. The van der Waals surface area contributed by atoms with Crippen molar-refractivity contribution in [3.8, 4) is 0 Å². The molecule has 6 unspecified atom stereocenters. The Kier molecular flexibility index (Phi) is 25.2. The molecular weight excluding hydrogens is 594 g/mol. The molecule has 0 aliphatic heterocycles. The molecule has 0 rings (SSSR count). The topological polar surface area (TPSA) is 64.8 Å². The lowest BCUT2D eigenvalue weighted by Gasteiger charge is -2.33. The Morgan fingerprint density at radius 3 is 0.917 bits per heavy atom. The van der Waals surface area contributed by atoms with Crippen molar-refractivity contribution in [3.05, 3.63) is 0 Å². The third kappa shape index (κ3) is 24.9. The van der Waals surface area contributed by atoms with Gasteiger partial charge in [-0.15, -0.1) is 0 Å². The van der Waals surface area contributed by atoms with E-state index in [1.54, 1.807) is 0 Å². The molecule has 0 N–H and O–H groups in total.